The highest BCUT2D eigenvalue weighted by Gasteiger charge is 2.30. The molecule has 0 unspecified atom stereocenters. The van der Waals surface area contributed by atoms with Gasteiger partial charge in [-0.25, -0.2) is 4.98 Å². The van der Waals surface area contributed by atoms with Gasteiger partial charge in [-0.15, -0.1) is 0 Å². The van der Waals surface area contributed by atoms with Gasteiger partial charge in [-0.1, -0.05) is 18.2 Å². The number of amides is 1. The van der Waals surface area contributed by atoms with Gasteiger partial charge in [0.2, 0.25) is 0 Å². The van der Waals surface area contributed by atoms with Gasteiger partial charge in [0.05, 0.1) is 11.2 Å². The van der Waals surface area contributed by atoms with E-state index in [0.717, 1.165) is 29.4 Å². The number of para-hydroxylation sites is 1. The van der Waals surface area contributed by atoms with Gasteiger partial charge in [0.25, 0.3) is 5.91 Å². The number of pyridine rings is 1. The highest BCUT2D eigenvalue weighted by atomic mass is 16.2. The molecule has 0 spiro atoms. The average Bonchev–Trinajstić information content (AvgIpc) is 3.29. The first kappa shape index (κ1) is 11.9. The zero-order valence-electron chi connectivity index (χ0n) is 10.8. The van der Waals surface area contributed by atoms with Crippen molar-refractivity contribution in [2.45, 2.75) is 18.9 Å². The highest BCUT2D eigenvalue weighted by Crippen LogP contribution is 2.28. The van der Waals surface area contributed by atoms with E-state index in [1.165, 1.54) is 0 Å². The first-order chi connectivity index (χ1) is 9.20. The number of carbonyl (C=O) groups is 1. The van der Waals surface area contributed by atoms with Crippen LogP contribution in [0.15, 0.2) is 30.3 Å². The minimum absolute atomic E-state index is 0.0512. The molecule has 1 saturated carbocycles. The number of rotatable bonds is 3. The monoisotopic (exact) mass is 256 g/mol. The lowest BCUT2D eigenvalue weighted by atomic mass is 10.1. The number of nitrogens with zero attached hydrogens (tertiary/aromatic N) is 2. The average molecular weight is 256 g/mol. The Morgan fingerprint density at radius 1 is 1.42 bits per heavy atom. The Morgan fingerprint density at radius 3 is 2.84 bits per heavy atom. The van der Waals surface area contributed by atoms with Crippen LogP contribution in [-0.4, -0.2) is 28.9 Å². The van der Waals surface area contributed by atoms with Gasteiger partial charge in [-0.05, 0) is 25.0 Å². The van der Waals surface area contributed by atoms with Crippen LogP contribution in [0.3, 0.4) is 0 Å². The van der Waals surface area contributed by atoms with E-state index in [0.29, 0.717) is 11.7 Å². The van der Waals surface area contributed by atoms with Gasteiger partial charge in [-0.3, -0.25) is 10.6 Å². The normalized spacial score (nSPS) is 14.4. The van der Waals surface area contributed by atoms with Crippen LogP contribution in [0.1, 0.15) is 23.3 Å². The van der Waals surface area contributed by atoms with Crippen molar-refractivity contribution < 1.29 is 4.79 Å². The van der Waals surface area contributed by atoms with Crippen LogP contribution >= 0.6 is 0 Å². The summed E-state index contributed by atoms with van der Waals surface area (Å²) >= 11 is 0. The second kappa shape index (κ2) is 4.51. The minimum Gasteiger partial charge on any atom is -0.337 e. The molecule has 1 aliphatic carbocycles. The molecule has 3 N–H and O–H groups in total. The summed E-state index contributed by atoms with van der Waals surface area (Å²) in [5, 5.41) is 0.913. The molecule has 1 amide bonds. The number of nitrogen functional groups attached to an aromatic ring is 1. The predicted octanol–water partition coefficient (Wildman–Crippen LogP) is 1.75. The summed E-state index contributed by atoms with van der Waals surface area (Å²) in [6.07, 6.45) is 2.16. The largest absolute Gasteiger partial charge is 0.337 e. The second-order valence-corrected chi connectivity index (χ2v) is 4.86. The Morgan fingerprint density at radius 2 is 2.16 bits per heavy atom. The maximum absolute atomic E-state index is 12.3. The Balaban J connectivity index is 2.06. The Kier molecular flexibility index (Phi) is 2.83. The Bertz CT molecular complexity index is 636. The summed E-state index contributed by atoms with van der Waals surface area (Å²) in [5.74, 6) is 5.48. The van der Waals surface area contributed by atoms with Crippen LogP contribution in [0, 0.1) is 0 Å². The topological polar surface area (TPSA) is 71.2 Å². The first-order valence-corrected chi connectivity index (χ1v) is 6.34. The standard InChI is InChI=1S/C14H16N4O/c1-18(9-6-7-9)14(19)13-8-12(17-15)10-4-2-3-5-11(10)16-13/h2-5,8-9H,6-7,15H2,1H3,(H,16,17). The van der Waals surface area contributed by atoms with Crippen LogP contribution in [0.4, 0.5) is 5.69 Å². The Hall–Kier alpha value is -2.14. The molecule has 0 saturated heterocycles. The van der Waals surface area contributed by atoms with Crippen LogP contribution < -0.4 is 11.3 Å². The summed E-state index contributed by atoms with van der Waals surface area (Å²) in [6.45, 7) is 0. The van der Waals surface area contributed by atoms with Crippen molar-refractivity contribution in [3.63, 3.8) is 0 Å². The zero-order chi connectivity index (χ0) is 13.4. The van der Waals surface area contributed by atoms with Crippen molar-refractivity contribution in [1.82, 2.24) is 9.88 Å². The highest BCUT2D eigenvalue weighted by molar-refractivity contribution is 5.99. The van der Waals surface area contributed by atoms with Crippen molar-refractivity contribution in [1.29, 1.82) is 0 Å². The maximum Gasteiger partial charge on any atom is 0.272 e. The summed E-state index contributed by atoms with van der Waals surface area (Å²) in [5.41, 5.74) is 4.56. The second-order valence-electron chi connectivity index (χ2n) is 4.86. The van der Waals surface area contributed by atoms with Crippen LogP contribution in [0.25, 0.3) is 10.9 Å². The quantitative estimate of drug-likeness (QED) is 0.648. The van der Waals surface area contributed by atoms with E-state index in [2.05, 4.69) is 10.4 Å². The van der Waals surface area contributed by atoms with E-state index in [9.17, 15) is 4.79 Å². The molecule has 0 aliphatic heterocycles. The van der Waals surface area contributed by atoms with E-state index in [4.69, 9.17) is 5.84 Å². The lowest BCUT2D eigenvalue weighted by molar-refractivity contribution is 0.0780. The number of hydrazine groups is 1. The van der Waals surface area contributed by atoms with Crippen molar-refractivity contribution in [3.8, 4) is 0 Å². The number of anilines is 1. The zero-order valence-corrected chi connectivity index (χ0v) is 10.8. The third-order valence-electron chi connectivity index (χ3n) is 3.51. The SMILES string of the molecule is CN(C(=O)c1cc(NN)c2ccccc2n1)C1CC1. The molecule has 0 bridgehead atoms. The number of hydrogen-bond acceptors (Lipinski definition) is 4. The van der Waals surface area contributed by atoms with Crippen molar-refractivity contribution in [2.75, 3.05) is 12.5 Å². The third-order valence-corrected chi connectivity index (χ3v) is 3.51. The summed E-state index contributed by atoms with van der Waals surface area (Å²) in [7, 11) is 1.83. The van der Waals surface area contributed by atoms with Gasteiger partial charge < -0.3 is 10.3 Å². The van der Waals surface area contributed by atoms with E-state index in [1.54, 1.807) is 11.0 Å². The molecular formula is C14H16N4O. The smallest absolute Gasteiger partial charge is 0.272 e. The molecule has 19 heavy (non-hydrogen) atoms. The van der Waals surface area contributed by atoms with E-state index < -0.39 is 0 Å². The van der Waals surface area contributed by atoms with Crippen molar-refractivity contribution in [2.24, 2.45) is 5.84 Å². The van der Waals surface area contributed by atoms with Gasteiger partial charge in [-0.2, -0.15) is 0 Å². The lowest BCUT2D eigenvalue weighted by Gasteiger charge is -2.16. The third kappa shape index (κ3) is 2.13. The number of nitrogens with two attached hydrogens (primary N) is 1. The fourth-order valence-electron chi connectivity index (χ4n) is 2.21. The van der Waals surface area contributed by atoms with Gasteiger partial charge in [0, 0.05) is 18.5 Å². The van der Waals surface area contributed by atoms with Crippen LogP contribution in [-0.2, 0) is 0 Å². The summed E-state index contributed by atoms with van der Waals surface area (Å²) < 4.78 is 0. The minimum atomic E-state index is -0.0512. The fourth-order valence-corrected chi connectivity index (χ4v) is 2.21. The van der Waals surface area contributed by atoms with Gasteiger partial charge in [0.1, 0.15) is 5.69 Å². The number of carbonyl (C=O) groups excluding carboxylic acids is 1. The van der Waals surface area contributed by atoms with Crippen molar-refractivity contribution >= 4 is 22.5 Å². The van der Waals surface area contributed by atoms with E-state index in [1.807, 2.05) is 31.3 Å². The van der Waals surface area contributed by atoms with Gasteiger partial charge in [0.15, 0.2) is 0 Å². The molecule has 0 radical (unpaired) electrons. The molecule has 1 heterocycles. The van der Waals surface area contributed by atoms with Crippen LogP contribution in [0.2, 0.25) is 0 Å². The molecule has 1 fully saturated rings. The number of aromatic nitrogens is 1. The fraction of sp³-hybridized carbons (Fsp3) is 0.286. The van der Waals surface area contributed by atoms with Crippen molar-refractivity contribution in [3.05, 3.63) is 36.0 Å². The van der Waals surface area contributed by atoms with E-state index in [-0.39, 0.29) is 5.91 Å². The number of fused-ring (bicyclic) bond motifs is 1. The lowest BCUT2D eigenvalue weighted by Crippen LogP contribution is -2.29. The van der Waals surface area contributed by atoms with E-state index >= 15 is 0 Å². The predicted molar refractivity (Wildman–Crippen MR) is 74.7 cm³/mol. The Labute approximate surface area is 111 Å². The molecule has 1 aliphatic rings. The number of hydrogen-bond donors (Lipinski definition) is 2. The molecule has 3 rings (SSSR count). The first-order valence-electron chi connectivity index (χ1n) is 6.34. The molecule has 1 aromatic heterocycles. The maximum atomic E-state index is 12.3. The molecule has 5 nitrogen and oxygen atoms in total. The molecule has 98 valence electrons. The molecule has 5 heteroatoms. The molecular weight excluding hydrogens is 240 g/mol. The molecule has 2 aromatic rings. The molecule has 0 atom stereocenters. The number of benzene rings is 1. The molecule has 1 aromatic carbocycles. The summed E-state index contributed by atoms with van der Waals surface area (Å²) in [4.78, 5) is 18.5. The number of nitrogens with one attached hydrogen (secondary N) is 1. The van der Waals surface area contributed by atoms with Crippen LogP contribution in [0.5, 0.6) is 0 Å². The summed E-state index contributed by atoms with van der Waals surface area (Å²) in [6, 6.07) is 9.70. The van der Waals surface area contributed by atoms with Gasteiger partial charge >= 0.3 is 0 Å².